The van der Waals surface area contributed by atoms with Crippen LogP contribution in [0.4, 0.5) is 11.5 Å². The number of nitro groups is 1. The third kappa shape index (κ3) is 2.68. The summed E-state index contributed by atoms with van der Waals surface area (Å²) in [6, 6.07) is 1.77. The summed E-state index contributed by atoms with van der Waals surface area (Å²) in [5, 5.41) is 11.3. The highest BCUT2D eigenvalue weighted by molar-refractivity contribution is 5.62. The summed E-state index contributed by atoms with van der Waals surface area (Å²) in [7, 11) is 0. The summed E-state index contributed by atoms with van der Waals surface area (Å²) in [4.78, 5) is 17.2. The minimum absolute atomic E-state index is 0.0257. The third-order valence-corrected chi connectivity index (χ3v) is 3.72. The van der Waals surface area contributed by atoms with Gasteiger partial charge in [-0.15, -0.1) is 0 Å². The summed E-state index contributed by atoms with van der Waals surface area (Å²) in [5.41, 5.74) is 6.77. The number of nitrogens with zero attached hydrogens (tertiary/aromatic N) is 3. The molecular weight excluding hydrogens is 244 g/mol. The fraction of sp³-hybridized carbons (Fsp3) is 0.615. The van der Waals surface area contributed by atoms with Crippen LogP contribution in [0.1, 0.15) is 31.7 Å². The first-order valence-corrected chi connectivity index (χ1v) is 6.64. The Labute approximate surface area is 112 Å². The number of nitrogens with two attached hydrogens (primary N) is 1. The second kappa shape index (κ2) is 5.52. The third-order valence-electron chi connectivity index (χ3n) is 3.72. The van der Waals surface area contributed by atoms with Gasteiger partial charge in [-0.1, -0.05) is 0 Å². The van der Waals surface area contributed by atoms with Crippen molar-refractivity contribution in [2.24, 2.45) is 5.73 Å². The largest absolute Gasteiger partial charge is 0.346 e. The zero-order chi connectivity index (χ0) is 14.0. The molecule has 2 rings (SSSR count). The predicted molar refractivity (Wildman–Crippen MR) is 74.3 cm³/mol. The molecule has 2 heterocycles. The van der Waals surface area contributed by atoms with Gasteiger partial charge in [-0.05, 0) is 39.2 Å². The molecule has 1 aliphatic heterocycles. The van der Waals surface area contributed by atoms with Gasteiger partial charge in [-0.2, -0.15) is 0 Å². The topological polar surface area (TPSA) is 85.3 Å². The van der Waals surface area contributed by atoms with Gasteiger partial charge in [0, 0.05) is 30.4 Å². The Kier molecular flexibility index (Phi) is 3.99. The van der Waals surface area contributed by atoms with Gasteiger partial charge in [0.05, 0.1) is 4.92 Å². The van der Waals surface area contributed by atoms with E-state index in [1.54, 1.807) is 19.2 Å². The molecule has 1 fully saturated rings. The van der Waals surface area contributed by atoms with E-state index in [4.69, 9.17) is 5.73 Å². The summed E-state index contributed by atoms with van der Waals surface area (Å²) >= 11 is 0. The highest BCUT2D eigenvalue weighted by atomic mass is 16.6. The molecule has 1 aromatic rings. The van der Waals surface area contributed by atoms with E-state index in [9.17, 15) is 10.1 Å². The van der Waals surface area contributed by atoms with Crippen LogP contribution in [0.25, 0.3) is 0 Å². The molecule has 19 heavy (non-hydrogen) atoms. The van der Waals surface area contributed by atoms with Crippen molar-refractivity contribution in [1.29, 1.82) is 0 Å². The molecule has 2 atom stereocenters. The second-order valence-electron chi connectivity index (χ2n) is 5.17. The van der Waals surface area contributed by atoms with Crippen molar-refractivity contribution in [1.82, 2.24) is 4.98 Å². The van der Waals surface area contributed by atoms with Crippen LogP contribution in [0, 0.1) is 17.0 Å². The van der Waals surface area contributed by atoms with Crippen molar-refractivity contribution in [2.45, 2.75) is 45.2 Å². The molecule has 1 aliphatic rings. The van der Waals surface area contributed by atoms with E-state index in [1.165, 1.54) is 0 Å². The quantitative estimate of drug-likeness (QED) is 0.666. The zero-order valence-electron chi connectivity index (χ0n) is 11.4. The lowest BCUT2D eigenvalue weighted by Crippen LogP contribution is -2.49. The molecule has 104 valence electrons. The van der Waals surface area contributed by atoms with Gasteiger partial charge in [-0.3, -0.25) is 10.1 Å². The van der Waals surface area contributed by atoms with Crippen molar-refractivity contribution in [3.63, 3.8) is 0 Å². The Bertz CT molecular complexity index is 476. The first-order chi connectivity index (χ1) is 9.02. The van der Waals surface area contributed by atoms with E-state index in [0.717, 1.165) is 25.8 Å². The molecule has 0 spiro atoms. The number of hydrogen-bond acceptors (Lipinski definition) is 5. The number of rotatable bonds is 3. The zero-order valence-corrected chi connectivity index (χ0v) is 11.4. The number of aromatic nitrogens is 1. The summed E-state index contributed by atoms with van der Waals surface area (Å²) in [6.45, 7) is 4.47. The van der Waals surface area contributed by atoms with Crippen molar-refractivity contribution < 1.29 is 4.92 Å². The van der Waals surface area contributed by atoms with E-state index in [1.807, 2.05) is 11.8 Å². The summed E-state index contributed by atoms with van der Waals surface area (Å²) in [6.07, 6.45) is 4.73. The lowest BCUT2D eigenvalue weighted by Gasteiger charge is -2.38. The molecule has 0 radical (unpaired) electrons. The van der Waals surface area contributed by atoms with Gasteiger partial charge in [0.25, 0.3) is 0 Å². The van der Waals surface area contributed by atoms with E-state index in [0.29, 0.717) is 11.4 Å². The Hall–Kier alpha value is -1.69. The van der Waals surface area contributed by atoms with Crippen molar-refractivity contribution >= 4 is 11.5 Å². The average molecular weight is 264 g/mol. The van der Waals surface area contributed by atoms with Crippen LogP contribution in [-0.4, -0.2) is 28.5 Å². The number of aryl methyl sites for hydroxylation is 1. The molecule has 2 N–H and O–H groups in total. The standard InChI is InChI=1S/C13H20N4O2/c1-9-6-7-15-13(12(9)17(18)19)16-8-4-3-5-11(16)10(2)14/h6-7,10-11H,3-5,8,14H2,1-2H3. The minimum atomic E-state index is -0.343. The molecule has 0 bridgehead atoms. The molecule has 0 aromatic carbocycles. The molecule has 2 unspecified atom stereocenters. The fourth-order valence-corrected chi connectivity index (χ4v) is 2.74. The van der Waals surface area contributed by atoms with Crippen molar-refractivity contribution in [3.8, 4) is 0 Å². The summed E-state index contributed by atoms with van der Waals surface area (Å²) < 4.78 is 0. The minimum Gasteiger partial charge on any atom is -0.346 e. The molecule has 1 saturated heterocycles. The van der Waals surface area contributed by atoms with Crippen LogP contribution in [0.2, 0.25) is 0 Å². The second-order valence-corrected chi connectivity index (χ2v) is 5.17. The summed E-state index contributed by atoms with van der Waals surface area (Å²) in [5.74, 6) is 0.465. The first-order valence-electron chi connectivity index (χ1n) is 6.64. The predicted octanol–water partition coefficient (Wildman–Crippen LogP) is 2.00. The smallest absolute Gasteiger partial charge is 0.314 e. The molecule has 6 heteroatoms. The number of pyridine rings is 1. The SMILES string of the molecule is Cc1ccnc(N2CCCCC2C(C)N)c1[N+](=O)[O-]. The van der Waals surface area contributed by atoms with Gasteiger partial charge in [0.1, 0.15) is 0 Å². The number of hydrogen-bond donors (Lipinski definition) is 1. The Morgan fingerprint density at radius 3 is 2.95 bits per heavy atom. The van der Waals surface area contributed by atoms with E-state index in [2.05, 4.69) is 4.98 Å². The van der Waals surface area contributed by atoms with Gasteiger partial charge >= 0.3 is 5.69 Å². The molecule has 0 saturated carbocycles. The molecule has 0 amide bonds. The molecule has 6 nitrogen and oxygen atoms in total. The van der Waals surface area contributed by atoms with E-state index < -0.39 is 0 Å². The molecular formula is C13H20N4O2. The Morgan fingerprint density at radius 1 is 1.58 bits per heavy atom. The first kappa shape index (κ1) is 13.7. The van der Waals surface area contributed by atoms with Crippen LogP contribution >= 0.6 is 0 Å². The van der Waals surface area contributed by atoms with Gasteiger partial charge in [-0.25, -0.2) is 4.98 Å². The van der Waals surface area contributed by atoms with Crippen LogP contribution in [0.5, 0.6) is 0 Å². The van der Waals surface area contributed by atoms with Gasteiger partial charge < -0.3 is 10.6 Å². The molecule has 0 aliphatic carbocycles. The van der Waals surface area contributed by atoms with Crippen LogP contribution < -0.4 is 10.6 Å². The maximum absolute atomic E-state index is 11.3. The molecule has 1 aromatic heterocycles. The highest BCUT2D eigenvalue weighted by Gasteiger charge is 2.32. The lowest BCUT2D eigenvalue weighted by atomic mass is 9.96. The van der Waals surface area contributed by atoms with Crippen molar-refractivity contribution in [2.75, 3.05) is 11.4 Å². The average Bonchev–Trinajstić information content (AvgIpc) is 2.37. The normalized spacial score (nSPS) is 21.2. The maximum atomic E-state index is 11.3. The fourth-order valence-electron chi connectivity index (χ4n) is 2.74. The van der Waals surface area contributed by atoms with Crippen LogP contribution in [-0.2, 0) is 0 Å². The van der Waals surface area contributed by atoms with E-state index >= 15 is 0 Å². The Balaban J connectivity index is 2.44. The number of piperidine rings is 1. The monoisotopic (exact) mass is 264 g/mol. The van der Waals surface area contributed by atoms with Gasteiger partial charge in [0.2, 0.25) is 5.82 Å². The number of anilines is 1. The lowest BCUT2D eigenvalue weighted by molar-refractivity contribution is -0.385. The van der Waals surface area contributed by atoms with Crippen LogP contribution in [0.3, 0.4) is 0 Å². The van der Waals surface area contributed by atoms with E-state index in [-0.39, 0.29) is 22.7 Å². The van der Waals surface area contributed by atoms with Crippen molar-refractivity contribution in [3.05, 3.63) is 27.9 Å². The van der Waals surface area contributed by atoms with Gasteiger partial charge in [0.15, 0.2) is 0 Å². The highest BCUT2D eigenvalue weighted by Crippen LogP contribution is 2.33. The Morgan fingerprint density at radius 2 is 2.32 bits per heavy atom. The maximum Gasteiger partial charge on any atom is 0.314 e. The van der Waals surface area contributed by atoms with Crippen LogP contribution in [0.15, 0.2) is 12.3 Å².